The standard InChI is InChI=1S/C15H23NO2/c1-11-8-13(3)14(9-12(11)2)10-15(17)16-6-5-7-18-4/h8-9H,5-7,10H2,1-4H3,(H,16,17). The van der Waals surface area contributed by atoms with Gasteiger partial charge in [-0.3, -0.25) is 4.79 Å². The summed E-state index contributed by atoms with van der Waals surface area (Å²) in [5, 5.41) is 2.91. The molecule has 0 saturated carbocycles. The largest absolute Gasteiger partial charge is 0.385 e. The fraction of sp³-hybridized carbons (Fsp3) is 0.533. The van der Waals surface area contributed by atoms with Crippen LogP contribution in [0.15, 0.2) is 12.1 Å². The maximum Gasteiger partial charge on any atom is 0.224 e. The third-order valence-electron chi connectivity index (χ3n) is 3.15. The van der Waals surface area contributed by atoms with E-state index in [4.69, 9.17) is 4.74 Å². The van der Waals surface area contributed by atoms with Gasteiger partial charge in [-0.25, -0.2) is 0 Å². The predicted octanol–water partition coefficient (Wildman–Crippen LogP) is 2.31. The fourth-order valence-electron chi connectivity index (χ4n) is 1.89. The summed E-state index contributed by atoms with van der Waals surface area (Å²) in [6.45, 7) is 7.59. The summed E-state index contributed by atoms with van der Waals surface area (Å²) in [5.41, 5.74) is 4.81. The Morgan fingerprint density at radius 2 is 1.83 bits per heavy atom. The second-order valence-corrected chi connectivity index (χ2v) is 4.74. The monoisotopic (exact) mass is 249 g/mol. The first-order valence-corrected chi connectivity index (χ1v) is 6.37. The number of carbonyl (C=O) groups excluding carboxylic acids is 1. The summed E-state index contributed by atoms with van der Waals surface area (Å²) in [4.78, 5) is 11.8. The zero-order chi connectivity index (χ0) is 13.5. The van der Waals surface area contributed by atoms with Crippen molar-refractivity contribution in [1.29, 1.82) is 0 Å². The molecule has 1 amide bonds. The molecule has 0 atom stereocenters. The molecule has 0 heterocycles. The Morgan fingerprint density at radius 1 is 1.17 bits per heavy atom. The van der Waals surface area contributed by atoms with Gasteiger partial charge in [0.15, 0.2) is 0 Å². The molecule has 0 aliphatic carbocycles. The van der Waals surface area contributed by atoms with E-state index in [9.17, 15) is 4.79 Å². The van der Waals surface area contributed by atoms with E-state index in [-0.39, 0.29) is 5.91 Å². The number of ether oxygens (including phenoxy) is 1. The maximum atomic E-state index is 11.8. The Kier molecular flexibility index (Phi) is 5.86. The maximum absolute atomic E-state index is 11.8. The molecule has 0 saturated heterocycles. The SMILES string of the molecule is COCCCNC(=O)Cc1cc(C)c(C)cc1C. The van der Waals surface area contributed by atoms with E-state index in [0.29, 0.717) is 19.6 Å². The number of methoxy groups -OCH3 is 1. The molecule has 0 fully saturated rings. The third-order valence-corrected chi connectivity index (χ3v) is 3.15. The average Bonchev–Trinajstić information content (AvgIpc) is 2.32. The van der Waals surface area contributed by atoms with Gasteiger partial charge < -0.3 is 10.1 Å². The summed E-state index contributed by atoms with van der Waals surface area (Å²) in [6.07, 6.45) is 1.31. The molecule has 0 aromatic heterocycles. The lowest BCUT2D eigenvalue weighted by Crippen LogP contribution is -2.27. The second kappa shape index (κ2) is 7.17. The highest BCUT2D eigenvalue weighted by atomic mass is 16.5. The lowest BCUT2D eigenvalue weighted by Gasteiger charge is -2.10. The molecule has 1 N–H and O–H groups in total. The molecular weight excluding hydrogens is 226 g/mol. The topological polar surface area (TPSA) is 38.3 Å². The summed E-state index contributed by atoms with van der Waals surface area (Å²) in [6, 6.07) is 4.25. The van der Waals surface area contributed by atoms with Crippen LogP contribution in [0.2, 0.25) is 0 Å². The molecule has 0 aliphatic rings. The van der Waals surface area contributed by atoms with Crippen molar-refractivity contribution < 1.29 is 9.53 Å². The number of amides is 1. The Morgan fingerprint density at radius 3 is 2.50 bits per heavy atom. The molecule has 1 aromatic rings. The lowest BCUT2D eigenvalue weighted by atomic mass is 9.98. The number of hydrogen-bond donors (Lipinski definition) is 1. The van der Waals surface area contributed by atoms with E-state index >= 15 is 0 Å². The number of carbonyl (C=O) groups is 1. The van der Waals surface area contributed by atoms with Crippen LogP contribution in [0.3, 0.4) is 0 Å². The molecular formula is C15H23NO2. The van der Waals surface area contributed by atoms with Gasteiger partial charge in [-0.1, -0.05) is 12.1 Å². The zero-order valence-corrected chi connectivity index (χ0v) is 11.8. The van der Waals surface area contributed by atoms with E-state index < -0.39 is 0 Å². The highest BCUT2D eigenvalue weighted by molar-refractivity contribution is 5.79. The minimum atomic E-state index is 0.0810. The minimum Gasteiger partial charge on any atom is -0.385 e. The molecule has 1 aromatic carbocycles. The van der Waals surface area contributed by atoms with Crippen LogP contribution in [-0.4, -0.2) is 26.2 Å². The van der Waals surface area contributed by atoms with Crippen molar-refractivity contribution in [3.05, 3.63) is 34.4 Å². The number of hydrogen-bond acceptors (Lipinski definition) is 2. The molecule has 0 bridgehead atoms. The number of aryl methyl sites for hydroxylation is 3. The van der Waals surface area contributed by atoms with Gasteiger partial charge in [-0.05, 0) is 49.4 Å². The first kappa shape index (κ1) is 14.7. The molecule has 3 heteroatoms. The zero-order valence-electron chi connectivity index (χ0n) is 11.8. The molecule has 3 nitrogen and oxygen atoms in total. The van der Waals surface area contributed by atoms with Crippen molar-refractivity contribution in [3.8, 4) is 0 Å². The van der Waals surface area contributed by atoms with Crippen LogP contribution in [0, 0.1) is 20.8 Å². The van der Waals surface area contributed by atoms with Crippen LogP contribution < -0.4 is 5.32 Å². The molecule has 100 valence electrons. The van der Waals surface area contributed by atoms with Crippen LogP contribution in [0.5, 0.6) is 0 Å². The van der Waals surface area contributed by atoms with Gasteiger partial charge in [-0.2, -0.15) is 0 Å². The van der Waals surface area contributed by atoms with Crippen molar-refractivity contribution >= 4 is 5.91 Å². The Hall–Kier alpha value is -1.35. The van der Waals surface area contributed by atoms with E-state index in [0.717, 1.165) is 12.0 Å². The minimum absolute atomic E-state index is 0.0810. The van der Waals surface area contributed by atoms with Gasteiger partial charge in [0.2, 0.25) is 5.91 Å². The van der Waals surface area contributed by atoms with E-state index in [1.807, 2.05) is 0 Å². The van der Waals surface area contributed by atoms with Gasteiger partial charge in [-0.15, -0.1) is 0 Å². The van der Waals surface area contributed by atoms with Crippen molar-refractivity contribution in [2.75, 3.05) is 20.3 Å². The Bertz CT molecular complexity index is 413. The van der Waals surface area contributed by atoms with Crippen LogP contribution in [0.25, 0.3) is 0 Å². The first-order valence-electron chi connectivity index (χ1n) is 6.37. The summed E-state index contributed by atoms with van der Waals surface area (Å²) in [7, 11) is 1.67. The number of nitrogens with one attached hydrogen (secondary N) is 1. The van der Waals surface area contributed by atoms with Crippen LogP contribution in [0.1, 0.15) is 28.7 Å². The highest BCUT2D eigenvalue weighted by Gasteiger charge is 2.07. The molecule has 18 heavy (non-hydrogen) atoms. The third kappa shape index (κ3) is 4.49. The van der Waals surface area contributed by atoms with Crippen LogP contribution in [-0.2, 0) is 16.0 Å². The van der Waals surface area contributed by atoms with E-state index in [1.165, 1.54) is 16.7 Å². The lowest BCUT2D eigenvalue weighted by molar-refractivity contribution is -0.120. The van der Waals surface area contributed by atoms with E-state index in [1.54, 1.807) is 7.11 Å². The summed E-state index contributed by atoms with van der Waals surface area (Å²) < 4.78 is 4.94. The van der Waals surface area contributed by atoms with E-state index in [2.05, 4.69) is 38.2 Å². The second-order valence-electron chi connectivity index (χ2n) is 4.74. The molecule has 0 spiro atoms. The molecule has 0 unspecified atom stereocenters. The van der Waals surface area contributed by atoms with Crippen molar-refractivity contribution in [1.82, 2.24) is 5.32 Å². The van der Waals surface area contributed by atoms with Gasteiger partial charge in [0.05, 0.1) is 6.42 Å². The van der Waals surface area contributed by atoms with Gasteiger partial charge in [0.25, 0.3) is 0 Å². The van der Waals surface area contributed by atoms with Crippen LogP contribution >= 0.6 is 0 Å². The Balaban J connectivity index is 2.51. The van der Waals surface area contributed by atoms with Crippen molar-refractivity contribution in [3.63, 3.8) is 0 Å². The summed E-state index contributed by atoms with van der Waals surface area (Å²) >= 11 is 0. The Labute approximate surface area is 110 Å². The number of rotatable bonds is 6. The van der Waals surface area contributed by atoms with Crippen molar-refractivity contribution in [2.24, 2.45) is 0 Å². The highest BCUT2D eigenvalue weighted by Crippen LogP contribution is 2.15. The van der Waals surface area contributed by atoms with Gasteiger partial charge >= 0.3 is 0 Å². The fourth-order valence-corrected chi connectivity index (χ4v) is 1.89. The molecule has 1 rings (SSSR count). The number of benzene rings is 1. The first-order chi connectivity index (χ1) is 8.54. The van der Waals surface area contributed by atoms with Crippen LogP contribution in [0.4, 0.5) is 0 Å². The van der Waals surface area contributed by atoms with Gasteiger partial charge in [0.1, 0.15) is 0 Å². The molecule has 0 aliphatic heterocycles. The summed E-state index contributed by atoms with van der Waals surface area (Å²) in [5.74, 6) is 0.0810. The average molecular weight is 249 g/mol. The predicted molar refractivity (Wildman–Crippen MR) is 73.9 cm³/mol. The normalized spacial score (nSPS) is 10.4. The quantitative estimate of drug-likeness (QED) is 0.786. The van der Waals surface area contributed by atoms with Gasteiger partial charge in [0, 0.05) is 20.3 Å². The van der Waals surface area contributed by atoms with Crippen molar-refractivity contribution in [2.45, 2.75) is 33.6 Å². The smallest absolute Gasteiger partial charge is 0.224 e. The molecule has 0 radical (unpaired) electrons.